The number of thioether (sulfide) groups is 1. The van der Waals surface area contributed by atoms with Gasteiger partial charge in [0.1, 0.15) is 5.82 Å². The Morgan fingerprint density at radius 2 is 2.14 bits per heavy atom. The summed E-state index contributed by atoms with van der Waals surface area (Å²) in [7, 11) is 0. The molecule has 1 heterocycles. The van der Waals surface area contributed by atoms with E-state index in [2.05, 4.69) is 30.1 Å². The molecule has 3 nitrogen and oxygen atoms in total. The van der Waals surface area contributed by atoms with E-state index in [1.165, 1.54) is 11.5 Å². The van der Waals surface area contributed by atoms with Gasteiger partial charge in [-0.3, -0.25) is 0 Å². The maximum absolute atomic E-state index is 8.76. The van der Waals surface area contributed by atoms with Crippen LogP contribution in [-0.4, -0.2) is 26.3 Å². The predicted molar refractivity (Wildman–Crippen MR) is 61.0 cm³/mol. The van der Waals surface area contributed by atoms with E-state index < -0.39 is 0 Å². The number of aromatic nitrogens is 2. The molecule has 1 aromatic rings. The Hall–Kier alpha value is -0.130. The van der Waals surface area contributed by atoms with Crippen LogP contribution in [0, 0.1) is 0 Å². The van der Waals surface area contributed by atoms with Crippen LogP contribution in [0.15, 0.2) is 4.34 Å². The fourth-order valence-corrected chi connectivity index (χ4v) is 2.96. The van der Waals surface area contributed by atoms with E-state index in [0.717, 1.165) is 16.6 Å². The van der Waals surface area contributed by atoms with Crippen molar-refractivity contribution in [2.75, 3.05) is 6.61 Å². The quantitative estimate of drug-likeness (QED) is 0.792. The van der Waals surface area contributed by atoms with Gasteiger partial charge < -0.3 is 5.11 Å². The van der Waals surface area contributed by atoms with Crippen molar-refractivity contribution in [3.05, 3.63) is 5.82 Å². The van der Waals surface area contributed by atoms with Crippen LogP contribution in [0.3, 0.4) is 0 Å². The monoisotopic (exact) mass is 232 g/mol. The highest BCUT2D eigenvalue weighted by molar-refractivity contribution is 8.01. The maximum Gasteiger partial charge on any atom is 0.170 e. The van der Waals surface area contributed by atoms with Gasteiger partial charge in [-0.15, -0.1) is 0 Å². The summed E-state index contributed by atoms with van der Waals surface area (Å²) in [6.45, 7) is 6.52. The van der Waals surface area contributed by atoms with Crippen molar-refractivity contribution in [2.24, 2.45) is 0 Å². The number of rotatable bonds is 5. The first-order chi connectivity index (χ1) is 6.63. The number of hydrogen-bond donors (Lipinski definition) is 1. The lowest BCUT2D eigenvalue weighted by atomic mass is 10.2. The number of aliphatic hydroxyl groups is 1. The zero-order valence-electron chi connectivity index (χ0n) is 8.73. The van der Waals surface area contributed by atoms with Crippen LogP contribution in [0.25, 0.3) is 0 Å². The van der Waals surface area contributed by atoms with E-state index in [9.17, 15) is 0 Å². The van der Waals surface area contributed by atoms with Crippen LogP contribution in [0.2, 0.25) is 0 Å². The zero-order valence-corrected chi connectivity index (χ0v) is 10.4. The third kappa shape index (κ3) is 3.55. The van der Waals surface area contributed by atoms with Crippen molar-refractivity contribution >= 4 is 23.3 Å². The van der Waals surface area contributed by atoms with E-state index in [4.69, 9.17) is 5.11 Å². The second-order valence-corrected chi connectivity index (χ2v) is 5.95. The van der Waals surface area contributed by atoms with Crippen molar-refractivity contribution in [2.45, 2.75) is 42.7 Å². The van der Waals surface area contributed by atoms with Crippen LogP contribution < -0.4 is 0 Å². The van der Waals surface area contributed by atoms with Gasteiger partial charge in [0, 0.05) is 17.8 Å². The first-order valence-corrected chi connectivity index (χ1v) is 6.40. The van der Waals surface area contributed by atoms with Crippen molar-refractivity contribution in [3.8, 4) is 0 Å². The van der Waals surface area contributed by atoms with Crippen LogP contribution in [0.1, 0.15) is 38.9 Å². The zero-order chi connectivity index (χ0) is 10.6. The minimum absolute atomic E-state index is 0.240. The minimum atomic E-state index is 0.240. The highest BCUT2D eigenvalue weighted by Crippen LogP contribution is 2.27. The third-order valence-corrected chi connectivity index (χ3v) is 3.75. The molecule has 0 spiro atoms. The van der Waals surface area contributed by atoms with Crippen LogP contribution in [-0.2, 0) is 0 Å². The molecule has 0 aliphatic carbocycles. The Morgan fingerprint density at radius 1 is 1.43 bits per heavy atom. The summed E-state index contributed by atoms with van der Waals surface area (Å²) in [5.41, 5.74) is 0. The van der Waals surface area contributed by atoms with E-state index in [0.29, 0.717) is 11.2 Å². The fourth-order valence-electron chi connectivity index (χ4n) is 0.915. The first kappa shape index (κ1) is 11.9. The molecule has 5 heteroatoms. The Bertz CT molecular complexity index is 276. The SMILES string of the molecule is CC(CCO)Sc1nc(C(C)C)ns1. The third-order valence-electron chi connectivity index (χ3n) is 1.78. The Labute approximate surface area is 93.1 Å². The van der Waals surface area contributed by atoms with E-state index in [1.54, 1.807) is 11.8 Å². The molecule has 1 aromatic heterocycles. The lowest BCUT2D eigenvalue weighted by Crippen LogP contribution is -1.98. The molecule has 0 saturated heterocycles. The first-order valence-electron chi connectivity index (χ1n) is 4.74. The standard InChI is InChI=1S/C9H16N2OS2/c1-6(2)8-10-9(14-11-8)13-7(3)4-5-12/h6-7,12H,4-5H2,1-3H3. The van der Waals surface area contributed by atoms with Gasteiger partial charge in [-0.25, -0.2) is 4.98 Å². The minimum Gasteiger partial charge on any atom is -0.396 e. The molecule has 1 unspecified atom stereocenters. The van der Waals surface area contributed by atoms with Crippen LogP contribution in [0.4, 0.5) is 0 Å². The predicted octanol–water partition coefficient (Wildman–Crippen LogP) is 2.52. The summed E-state index contributed by atoms with van der Waals surface area (Å²) in [6.07, 6.45) is 0.807. The lowest BCUT2D eigenvalue weighted by molar-refractivity contribution is 0.289. The molecule has 1 rings (SSSR count). The largest absolute Gasteiger partial charge is 0.396 e. The molecule has 0 radical (unpaired) electrons. The molecule has 0 aliphatic heterocycles. The molecule has 1 atom stereocenters. The van der Waals surface area contributed by atoms with Crippen molar-refractivity contribution in [1.82, 2.24) is 9.36 Å². The normalized spacial score (nSPS) is 13.5. The van der Waals surface area contributed by atoms with Gasteiger partial charge in [-0.05, 0) is 18.0 Å². The van der Waals surface area contributed by atoms with Gasteiger partial charge in [0.25, 0.3) is 0 Å². The Morgan fingerprint density at radius 3 is 2.64 bits per heavy atom. The van der Waals surface area contributed by atoms with Gasteiger partial charge in [-0.1, -0.05) is 32.5 Å². The van der Waals surface area contributed by atoms with Gasteiger partial charge in [0.2, 0.25) is 0 Å². The summed E-state index contributed by atoms with van der Waals surface area (Å²) >= 11 is 3.14. The van der Waals surface area contributed by atoms with Crippen molar-refractivity contribution in [3.63, 3.8) is 0 Å². The van der Waals surface area contributed by atoms with E-state index in [1.807, 2.05) is 0 Å². The molecule has 0 bridgehead atoms. The fraction of sp³-hybridized carbons (Fsp3) is 0.778. The molecule has 1 N–H and O–H groups in total. The summed E-state index contributed by atoms with van der Waals surface area (Å²) < 4.78 is 5.29. The highest BCUT2D eigenvalue weighted by Gasteiger charge is 2.10. The molecule has 0 aliphatic rings. The van der Waals surface area contributed by atoms with Crippen molar-refractivity contribution < 1.29 is 5.11 Å². The van der Waals surface area contributed by atoms with Crippen LogP contribution in [0.5, 0.6) is 0 Å². The molecule has 0 fully saturated rings. The smallest absolute Gasteiger partial charge is 0.170 e. The van der Waals surface area contributed by atoms with E-state index >= 15 is 0 Å². The van der Waals surface area contributed by atoms with Crippen molar-refractivity contribution in [1.29, 1.82) is 0 Å². The number of hydrogen-bond acceptors (Lipinski definition) is 5. The summed E-state index contributed by atoms with van der Waals surface area (Å²) in [4.78, 5) is 4.42. The van der Waals surface area contributed by atoms with Gasteiger partial charge in [0.15, 0.2) is 4.34 Å². The second-order valence-electron chi connectivity index (χ2n) is 3.51. The average Bonchev–Trinajstić information content (AvgIpc) is 2.53. The summed E-state index contributed by atoms with van der Waals surface area (Å²) in [5, 5.41) is 9.17. The lowest BCUT2D eigenvalue weighted by Gasteiger charge is -2.04. The summed E-state index contributed by atoms with van der Waals surface area (Å²) in [5.74, 6) is 1.32. The van der Waals surface area contributed by atoms with Gasteiger partial charge >= 0.3 is 0 Å². The van der Waals surface area contributed by atoms with E-state index in [-0.39, 0.29) is 6.61 Å². The summed E-state index contributed by atoms with van der Waals surface area (Å²) in [6, 6.07) is 0. The van der Waals surface area contributed by atoms with Gasteiger partial charge in [0.05, 0.1) is 0 Å². The molecule has 0 amide bonds. The molecule has 80 valence electrons. The molecular formula is C9H16N2OS2. The highest BCUT2D eigenvalue weighted by atomic mass is 32.2. The average molecular weight is 232 g/mol. The maximum atomic E-state index is 8.76. The second kappa shape index (κ2) is 5.68. The molecule has 14 heavy (non-hydrogen) atoms. The topological polar surface area (TPSA) is 46.0 Å². The Kier molecular flexibility index (Phi) is 4.84. The number of nitrogens with zero attached hydrogens (tertiary/aromatic N) is 2. The molecule has 0 saturated carbocycles. The molecule has 0 aromatic carbocycles. The number of aliphatic hydroxyl groups excluding tert-OH is 1. The van der Waals surface area contributed by atoms with Gasteiger partial charge in [-0.2, -0.15) is 4.37 Å². The molecular weight excluding hydrogens is 216 g/mol. The Balaban J connectivity index is 2.51. The van der Waals surface area contributed by atoms with Crippen LogP contribution >= 0.6 is 23.3 Å².